The summed E-state index contributed by atoms with van der Waals surface area (Å²) in [6.45, 7) is 1.95. The van der Waals surface area contributed by atoms with Crippen LogP contribution in [-0.2, 0) is 4.79 Å². The molecule has 1 unspecified atom stereocenters. The second kappa shape index (κ2) is 5.02. The van der Waals surface area contributed by atoms with Gasteiger partial charge in [-0.2, -0.15) is 0 Å². The molecule has 0 saturated carbocycles. The number of carbonyl (C=O) groups excluding carboxylic acids is 1. The lowest BCUT2D eigenvalue weighted by atomic mass is 10.3. The van der Waals surface area contributed by atoms with E-state index >= 15 is 0 Å². The van der Waals surface area contributed by atoms with Gasteiger partial charge in [-0.1, -0.05) is 41.1 Å². The molecule has 1 atom stereocenters. The lowest BCUT2D eigenvalue weighted by molar-refractivity contribution is -0.116. The molecule has 2 nitrogen and oxygen atoms in total. The third-order valence-electron chi connectivity index (χ3n) is 1.52. The van der Waals surface area contributed by atoms with Gasteiger partial charge in [0, 0.05) is 16.9 Å². The highest BCUT2D eigenvalue weighted by atomic mass is 79.9. The maximum absolute atomic E-state index is 11.3. The quantitative estimate of drug-likeness (QED) is 0.811. The van der Waals surface area contributed by atoms with E-state index in [2.05, 4.69) is 21.2 Å². The zero-order valence-electron chi connectivity index (χ0n) is 7.46. The number of para-hydroxylation sites is 1. The smallest absolute Gasteiger partial charge is 0.225 e. The fourth-order valence-electron chi connectivity index (χ4n) is 0.989. The van der Waals surface area contributed by atoms with Crippen LogP contribution in [0, 0.1) is 0 Å². The van der Waals surface area contributed by atoms with Crippen molar-refractivity contribution < 1.29 is 4.79 Å². The van der Waals surface area contributed by atoms with Crippen LogP contribution in [0.2, 0.25) is 0 Å². The lowest BCUT2D eigenvalue weighted by Crippen LogP contribution is -2.14. The lowest BCUT2D eigenvalue weighted by Gasteiger charge is -2.05. The molecule has 0 aromatic heterocycles. The van der Waals surface area contributed by atoms with Crippen LogP contribution in [0.3, 0.4) is 0 Å². The summed E-state index contributed by atoms with van der Waals surface area (Å²) >= 11 is 3.33. The summed E-state index contributed by atoms with van der Waals surface area (Å²) in [4.78, 5) is 11.5. The molecule has 0 heterocycles. The van der Waals surface area contributed by atoms with Crippen LogP contribution in [0.25, 0.3) is 0 Å². The van der Waals surface area contributed by atoms with E-state index in [0.29, 0.717) is 6.42 Å². The van der Waals surface area contributed by atoms with Gasteiger partial charge in [0.2, 0.25) is 5.91 Å². The Kier molecular flexibility index (Phi) is 3.96. The van der Waals surface area contributed by atoms with Crippen LogP contribution in [0.5, 0.6) is 0 Å². The number of nitrogens with one attached hydrogen (secondary N) is 1. The largest absolute Gasteiger partial charge is 0.326 e. The third-order valence-corrected chi connectivity index (χ3v) is 1.85. The number of carbonyl (C=O) groups is 1. The highest BCUT2D eigenvalue weighted by Crippen LogP contribution is 2.08. The summed E-state index contributed by atoms with van der Waals surface area (Å²) < 4.78 is 0. The standard InChI is InChI=1S/C10H12BrNO/c1-8(11)7-10(13)12-9-5-3-2-4-6-9/h2-6,8H,7H2,1H3,(H,12,13). The highest BCUT2D eigenvalue weighted by molar-refractivity contribution is 9.09. The molecule has 1 aromatic rings. The van der Waals surface area contributed by atoms with Crippen molar-refractivity contribution in [3.63, 3.8) is 0 Å². The first-order valence-corrected chi connectivity index (χ1v) is 5.09. The number of halogens is 1. The van der Waals surface area contributed by atoms with Crippen LogP contribution in [0.15, 0.2) is 30.3 Å². The molecule has 1 aromatic carbocycles. The van der Waals surface area contributed by atoms with Crippen LogP contribution < -0.4 is 5.32 Å². The predicted octanol–water partition coefficient (Wildman–Crippen LogP) is 2.80. The van der Waals surface area contributed by atoms with Gasteiger partial charge in [0.05, 0.1) is 0 Å². The Morgan fingerprint density at radius 2 is 2.08 bits per heavy atom. The van der Waals surface area contributed by atoms with Gasteiger partial charge in [0.25, 0.3) is 0 Å². The summed E-state index contributed by atoms with van der Waals surface area (Å²) in [7, 11) is 0. The molecular formula is C10H12BrNO. The van der Waals surface area contributed by atoms with E-state index in [1.165, 1.54) is 0 Å². The minimum absolute atomic E-state index is 0.0376. The van der Waals surface area contributed by atoms with E-state index < -0.39 is 0 Å². The monoisotopic (exact) mass is 241 g/mol. The Bertz CT molecular complexity index is 272. The number of amides is 1. The number of hydrogen-bond donors (Lipinski definition) is 1. The first-order chi connectivity index (χ1) is 6.18. The second-order valence-corrected chi connectivity index (χ2v) is 4.46. The van der Waals surface area contributed by atoms with E-state index in [9.17, 15) is 4.79 Å². The molecule has 1 rings (SSSR count). The Hall–Kier alpha value is -0.830. The van der Waals surface area contributed by atoms with E-state index in [-0.39, 0.29) is 10.7 Å². The summed E-state index contributed by atoms with van der Waals surface area (Å²) in [6.07, 6.45) is 0.495. The SMILES string of the molecule is CC(Br)CC(=O)Nc1ccccc1. The summed E-state index contributed by atoms with van der Waals surface area (Å²) in [5.41, 5.74) is 0.848. The molecule has 0 aliphatic rings. The molecule has 0 bridgehead atoms. The minimum atomic E-state index is 0.0376. The average Bonchev–Trinajstić information content (AvgIpc) is 2.04. The molecule has 1 amide bonds. The minimum Gasteiger partial charge on any atom is -0.326 e. The van der Waals surface area contributed by atoms with Gasteiger partial charge in [-0.25, -0.2) is 0 Å². The molecule has 0 spiro atoms. The molecule has 70 valence electrons. The second-order valence-electron chi connectivity index (χ2n) is 2.90. The van der Waals surface area contributed by atoms with Crippen molar-refractivity contribution in [2.45, 2.75) is 18.2 Å². The van der Waals surface area contributed by atoms with Crippen LogP contribution in [0.1, 0.15) is 13.3 Å². The van der Waals surface area contributed by atoms with Crippen molar-refractivity contribution in [1.82, 2.24) is 0 Å². The third kappa shape index (κ3) is 4.08. The topological polar surface area (TPSA) is 29.1 Å². The van der Waals surface area contributed by atoms with E-state index in [1.54, 1.807) is 0 Å². The molecule has 1 N–H and O–H groups in total. The molecule has 0 radical (unpaired) electrons. The fourth-order valence-corrected chi connectivity index (χ4v) is 1.28. The van der Waals surface area contributed by atoms with E-state index in [1.807, 2.05) is 37.3 Å². The first-order valence-electron chi connectivity index (χ1n) is 4.17. The van der Waals surface area contributed by atoms with Crippen molar-refractivity contribution in [3.8, 4) is 0 Å². The summed E-state index contributed by atoms with van der Waals surface area (Å²) in [6, 6.07) is 9.46. The Morgan fingerprint density at radius 1 is 1.46 bits per heavy atom. The zero-order valence-corrected chi connectivity index (χ0v) is 9.04. The first kappa shape index (κ1) is 10.3. The number of alkyl halides is 1. The predicted molar refractivity (Wildman–Crippen MR) is 58.1 cm³/mol. The van der Waals surface area contributed by atoms with Gasteiger partial charge < -0.3 is 5.32 Å². The van der Waals surface area contributed by atoms with Crippen LogP contribution in [0.4, 0.5) is 5.69 Å². The normalized spacial score (nSPS) is 12.2. The van der Waals surface area contributed by atoms with Gasteiger partial charge >= 0.3 is 0 Å². The zero-order chi connectivity index (χ0) is 9.68. The van der Waals surface area contributed by atoms with Crippen LogP contribution >= 0.6 is 15.9 Å². The molecule has 3 heteroatoms. The van der Waals surface area contributed by atoms with Gasteiger partial charge in [-0.15, -0.1) is 0 Å². The van der Waals surface area contributed by atoms with Gasteiger partial charge in [0.15, 0.2) is 0 Å². The summed E-state index contributed by atoms with van der Waals surface area (Å²) in [5, 5.41) is 2.80. The maximum atomic E-state index is 11.3. The van der Waals surface area contributed by atoms with E-state index in [0.717, 1.165) is 5.69 Å². The van der Waals surface area contributed by atoms with Gasteiger partial charge in [-0.05, 0) is 12.1 Å². The van der Waals surface area contributed by atoms with Gasteiger partial charge in [-0.3, -0.25) is 4.79 Å². The molecular weight excluding hydrogens is 230 g/mol. The van der Waals surface area contributed by atoms with Crippen molar-refractivity contribution in [3.05, 3.63) is 30.3 Å². The van der Waals surface area contributed by atoms with E-state index in [4.69, 9.17) is 0 Å². The Labute approximate surface area is 86.5 Å². The van der Waals surface area contributed by atoms with Crippen molar-refractivity contribution in [2.75, 3.05) is 5.32 Å². The molecule has 0 aliphatic carbocycles. The van der Waals surface area contributed by atoms with Crippen molar-refractivity contribution >= 4 is 27.5 Å². The Balaban J connectivity index is 2.46. The number of benzene rings is 1. The average molecular weight is 242 g/mol. The maximum Gasteiger partial charge on any atom is 0.225 e. The molecule has 0 fully saturated rings. The molecule has 0 aliphatic heterocycles. The highest BCUT2D eigenvalue weighted by Gasteiger charge is 2.05. The fraction of sp³-hybridized carbons (Fsp3) is 0.300. The summed E-state index contributed by atoms with van der Waals surface area (Å²) in [5.74, 6) is 0.0376. The number of rotatable bonds is 3. The number of hydrogen-bond acceptors (Lipinski definition) is 1. The molecule has 0 saturated heterocycles. The van der Waals surface area contributed by atoms with Crippen molar-refractivity contribution in [1.29, 1.82) is 0 Å². The number of anilines is 1. The Morgan fingerprint density at radius 3 is 2.62 bits per heavy atom. The molecule has 13 heavy (non-hydrogen) atoms. The van der Waals surface area contributed by atoms with Crippen LogP contribution in [-0.4, -0.2) is 10.7 Å². The van der Waals surface area contributed by atoms with Gasteiger partial charge in [0.1, 0.15) is 0 Å². The van der Waals surface area contributed by atoms with Crippen molar-refractivity contribution in [2.24, 2.45) is 0 Å².